The highest BCUT2D eigenvalue weighted by molar-refractivity contribution is 6.08. The molecule has 2 N–H and O–H groups in total. The minimum Gasteiger partial charge on any atom is -0.497 e. The highest BCUT2D eigenvalue weighted by atomic mass is 16.5. The van der Waals surface area contributed by atoms with Crippen molar-refractivity contribution in [2.45, 2.75) is 13.0 Å². The van der Waals surface area contributed by atoms with E-state index in [9.17, 15) is 19.5 Å². The van der Waals surface area contributed by atoms with E-state index in [1.165, 1.54) is 20.3 Å². The first-order valence-corrected chi connectivity index (χ1v) is 9.49. The quantitative estimate of drug-likeness (QED) is 0.426. The third-order valence-electron chi connectivity index (χ3n) is 4.74. The number of nitrogens with zero attached hydrogens (tertiary/aromatic N) is 1. The predicted octanol–water partition coefficient (Wildman–Crippen LogP) is 2.40. The standard InChI is InChI=1S/C23H22N2O6/c1-30-17-10-8-16(19(14-17)31-2)9-11-18(26)20-21(27)24-23(29)25(22(20)28)13-12-15-6-4-3-5-7-15/h3-11,14,28H,12-13H2,1-2H3,(H,24,27,29). The summed E-state index contributed by atoms with van der Waals surface area (Å²) in [4.78, 5) is 39.2. The van der Waals surface area contributed by atoms with Crippen LogP contribution in [0.3, 0.4) is 0 Å². The minimum atomic E-state index is -0.949. The van der Waals surface area contributed by atoms with E-state index >= 15 is 0 Å². The van der Waals surface area contributed by atoms with Gasteiger partial charge in [0.25, 0.3) is 5.56 Å². The van der Waals surface area contributed by atoms with Gasteiger partial charge < -0.3 is 14.6 Å². The Kier molecular flexibility index (Phi) is 6.71. The van der Waals surface area contributed by atoms with Gasteiger partial charge >= 0.3 is 5.69 Å². The van der Waals surface area contributed by atoms with Gasteiger partial charge in [-0.05, 0) is 36.3 Å². The number of benzene rings is 2. The number of hydrogen-bond donors (Lipinski definition) is 2. The summed E-state index contributed by atoms with van der Waals surface area (Å²) in [5.41, 5.74) is -0.716. The molecule has 2 aromatic carbocycles. The Labute approximate surface area is 178 Å². The zero-order chi connectivity index (χ0) is 22.4. The molecule has 1 aromatic heterocycles. The van der Waals surface area contributed by atoms with Crippen molar-refractivity contribution < 1.29 is 19.4 Å². The summed E-state index contributed by atoms with van der Waals surface area (Å²) in [5, 5.41) is 10.5. The van der Waals surface area contributed by atoms with Crippen LogP contribution in [0.1, 0.15) is 21.5 Å². The summed E-state index contributed by atoms with van der Waals surface area (Å²) in [7, 11) is 3.00. The maximum Gasteiger partial charge on any atom is 0.331 e. The number of aromatic amines is 1. The zero-order valence-electron chi connectivity index (χ0n) is 17.1. The smallest absolute Gasteiger partial charge is 0.331 e. The molecule has 0 aliphatic carbocycles. The maximum absolute atomic E-state index is 12.7. The number of hydrogen-bond acceptors (Lipinski definition) is 6. The van der Waals surface area contributed by atoms with Crippen molar-refractivity contribution >= 4 is 11.9 Å². The Bertz CT molecular complexity index is 1230. The van der Waals surface area contributed by atoms with Crippen LogP contribution in [0.15, 0.2) is 64.2 Å². The second-order valence-corrected chi connectivity index (χ2v) is 6.65. The number of rotatable bonds is 8. The molecule has 0 saturated heterocycles. The van der Waals surface area contributed by atoms with Crippen molar-refractivity contribution in [3.05, 3.63) is 92.1 Å². The van der Waals surface area contributed by atoms with Gasteiger partial charge in [0.05, 0.1) is 14.2 Å². The van der Waals surface area contributed by atoms with Crippen LogP contribution >= 0.6 is 0 Å². The second kappa shape index (κ2) is 9.62. The SMILES string of the molecule is COc1ccc(C=CC(=O)c2c(O)n(CCc3ccccc3)c(=O)[nH]c2=O)c(OC)c1. The summed E-state index contributed by atoms with van der Waals surface area (Å²) in [6.07, 6.45) is 3.03. The van der Waals surface area contributed by atoms with Gasteiger partial charge in [0.2, 0.25) is 5.88 Å². The number of ketones is 1. The Balaban J connectivity index is 1.90. The van der Waals surface area contributed by atoms with Crippen LogP contribution in [0.2, 0.25) is 0 Å². The molecular weight excluding hydrogens is 400 g/mol. The van der Waals surface area contributed by atoms with E-state index in [1.54, 1.807) is 18.2 Å². The van der Waals surface area contributed by atoms with Gasteiger partial charge in [-0.1, -0.05) is 30.3 Å². The molecule has 0 atom stereocenters. The number of aromatic hydroxyl groups is 1. The van der Waals surface area contributed by atoms with E-state index in [4.69, 9.17) is 9.47 Å². The lowest BCUT2D eigenvalue weighted by atomic mass is 10.1. The molecule has 8 nitrogen and oxygen atoms in total. The highest BCUT2D eigenvalue weighted by Crippen LogP contribution is 2.26. The van der Waals surface area contributed by atoms with Crippen LogP contribution in [-0.4, -0.2) is 34.7 Å². The topological polar surface area (TPSA) is 111 Å². The van der Waals surface area contributed by atoms with E-state index in [-0.39, 0.29) is 6.54 Å². The Morgan fingerprint density at radius 1 is 1.10 bits per heavy atom. The van der Waals surface area contributed by atoms with E-state index in [2.05, 4.69) is 4.98 Å². The van der Waals surface area contributed by atoms with E-state index in [1.807, 2.05) is 30.3 Å². The van der Waals surface area contributed by atoms with Gasteiger partial charge in [-0.15, -0.1) is 0 Å². The van der Waals surface area contributed by atoms with Crippen LogP contribution in [0, 0.1) is 0 Å². The number of allylic oxidation sites excluding steroid dienone is 1. The lowest BCUT2D eigenvalue weighted by Gasteiger charge is -2.10. The summed E-state index contributed by atoms with van der Waals surface area (Å²) in [5.74, 6) is -0.361. The van der Waals surface area contributed by atoms with Gasteiger partial charge in [-0.25, -0.2) is 4.79 Å². The highest BCUT2D eigenvalue weighted by Gasteiger charge is 2.19. The van der Waals surface area contributed by atoms with Crippen LogP contribution in [-0.2, 0) is 13.0 Å². The summed E-state index contributed by atoms with van der Waals surface area (Å²) in [6.45, 7) is 0.0990. The molecule has 1 heterocycles. The summed E-state index contributed by atoms with van der Waals surface area (Å²) in [6, 6.07) is 14.4. The maximum atomic E-state index is 12.7. The monoisotopic (exact) mass is 422 g/mol. The molecule has 3 rings (SSSR count). The molecule has 0 radical (unpaired) electrons. The van der Waals surface area contributed by atoms with Crippen molar-refractivity contribution in [2.75, 3.05) is 14.2 Å². The van der Waals surface area contributed by atoms with Crippen LogP contribution in [0.5, 0.6) is 17.4 Å². The molecule has 0 spiro atoms. The lowest BCUT2D eigenvalue weighted by molar-refractivity contribution is 0.104. The lowest BCUT2D eigenvalue weighted by Crippen LogP contribution is -2.34. The first-order valence-electron chi connectivity index (χ1n) is 9.49. The first kappa shape index (κ1) is 21.6. The molecule has 3 aromatic rings. The molecule has 31 heavy (non-hydrogen) atoms. The second-order valence-electron chi connectivity index (χ2n) is 6.65. The largest absolute Gasteiger partial charge is 0.497 e. The molecular formula is C23H22N2O6. The van der Waals surface area contributed by atoms with Crippen LogP contribution < -0.4 is 20.7 Å². The molecule has 160 valence electrons. The number of H-pyrrole nitrogens is 1. The Hall–Kier alpha value is -4.07. The molecule has 0 aliphatic rings. The molecule has 0 bridgehead atoms. The van der Waals surface area contributed by atoms with Crippen molar-refractivity contribution in [1.82, 2.24) is 9.55 Å². The van der Waals surface area contributed by atoms with Crippen molar-refractivity contribution in [2.24, 2.45) is 0 Å². The zero-order valence-corrected chi connectivity index (χ0v) is 17.1. The van der Waals surface area contributed by atoms with E-state index in [0.29, 0.717) is 23.5 Å². The number of carbonyl (C=O) groups is 1. The number of aromatic nitrogens is 2. The number of carbonyl (C=O) groups excluding carboxylic acids is 1. The van der Waals surface area contributed by atoms with Crippen molar-refractivity contribution in [3.63, 3.8) is 0 Å². The normalized spacial score (nSPS) is 10.9. The van der Waals surface area contributed by atoms with Crippen LogP contribution in [0.25, 0.3) is 6.08 Å². The van der Waals surface area contributed by atoms with E-state index in [0.717, 1.165) is 16.2 Å². The van der Waals surface area contributed by atoms with Gasteiger partial charge in [0.1, 0.15) is 17.1 Å². The van der Waals surface area contributed by atoms with Gasteiger partial charge in [0, 0.05) is 18.2 Å². The fourth-order valence-electron chi connectivity index (χ4n) is 3.08. The number of aryl methyl sites for hydroxylation is 1. The third kappa shape index (κ3) is 4.92. The van der Waals surface area contributed by atoms with Crippen molar-refractivity contribution in [3.8, 4) is 17.4 Å². The molecule has 0 aliphatic heterocycles. The number of methoxy groups -OCH3 is 2. The fraction of sp³-hybridized carbons (Fsp3) is 0.174. The minimum absolute atomic E-state index is 0.0990. The average molecular weight is 422 g/mol. The molecule has 0 unspecified atom stereocenters. The molecule has 8 heteroatoms. The van der Waals surface area contributed by atoms with Gasteiger partial charge in [-0.2, -0.15) is 0 Å². The van der Waals surface area contributed by atoms with Crippen molar-refractivity contribution in [1.29, 1.82) is 0 Å². The number of ether oxygens (including phenoxy) is 2. The summed E-state index contributed by atoms with van der Waals surface area (Å²) >= 11 is 0. The predicted molar refractivity (Wildman–Crippen MR) is 116 cm³/mol. The van der Waals surface area contributed by atoms with E-state index < -0.39 is 28.5 Å². The Morgan fingerprint density at radius 3 is 2.52 bits per heavy atom. The average Bonchev–Trinajstić information content (AvgIpc) is 2.77. The molecule has 0 amide bonds. The van der Waals surface area contributed by atoms with Gasteiger partial charge in [0.15, 0.2) is 5.78 Å². The number of nitrogens with one attached hydrogen (secondary N) is 1. The molecule has 0 fully saturated rings. The Morgan fingerprint density at radius 2 is 1.84 bits per heavy atom. The summed E-state index contributed by atoms with van der Waals surface area (Å²) < 4.78 is 11.4. The van der Waals surface area contributed by atoms with Gasteiger partial charge in [-0.3, -0.25) is 19.1 Å². The fourth-order valence-corrected chi connectivity index (χ4v) is 3.08. The first-order chi connectivity index (χ1) is 14.9. The van der Waals surface area contributed by atoms with Crippen LogP contribution in [0.4, 0.5) is 0 Å². The third-order valence-corrected chi connectivity index (χ3v) is 4.74. The molecule has 0 saturated carbocycles.